The molecule has 0 amide bonds. The first-order chi connectivity index (χ1) is 4.70. The highest BCUT2D eigenvalue weighted by atomic mass is 32.2. The molecule has 0 spiro atoms. The number of nitrogens with zero attached hydrogens (tertiary/aromatic N) is 1. The van der Waals surface area contributed by atoms with Gasteiger partial charge in [-0.05, 0) is 0 Å². The molecule has 1 atom stereocenters. The first-order valence-electron chi connectivity index (χ1n) is 2.67. The van der Waals surface area contributed by atoms with Crippen LogP contribution in [0, 0.1) is 0 Å². The number of hydrogen-bond acceptors (Lipinski definition) is 2. The maximum Gasteiger partial charge on any atom is 0.308 e. The van der Waals surface area contributed by atoms with Gasteiger partial charge in [0.05, 0.1) is 12.0 Å². The molecule has 1 aliphatic heterocycles. The molecule has 0 aromatic carbocycles. The van der Waals surface area contributed by atoms with Gasteiger partial charge in [-0.2, -0.15) is 0 Å². The van der Waals surface area contributed by atoms with E-state index in [4.69, 9.17) is 5.11 Å². The molecule has 1 unspecified atom stereocenters. The Kier molecular flexibility index (Phi) is 2.01. The summed E-state index contributed by atoms with van der Waals surface area (Å²) in [4.78, 5) is 14.8. The molecule has 54 valence electrons. The molecule has 3 nitrogen and oxygen atoms in total. The van der Waals surface area contributed by atoms with Crippen LogP contribution in [0.5, 0.6) is 0 Å². The predicted molar refractivity (Wildman–Crippen MR) is 43.5 cm³/mol. The Labute approximate surface area is 61.0 Å². The lowest BCUT2D eigenvalue weighted by Crippen LogP contribution is -1.94. The Balaban J connectivity index is 2.61. The predicted octanol–water partition coefficient (Wildman–Crippen LogP) is 1.05. The van der Waals surface area contributed by atoms with Gasteiger partial charge in [0.25, 0.3) is 0 Å². The molecule has 0 radical (unpaired) electrons. The van der Waals surface area contributed by atoms with Gasteiger partial charge in [-0.25, -0.2) is 0 Å². The van der Waals surface area contributed by atoms with Gasteiger partial charge >= 0.3 is 5.97 Å². The van der Waals surface area contributed by atoms with E-state index in [1.807, 2.05) is 0 Å². The lowest BCUT2D eigenvalue weighted by molar-refractivity contribution is -0.136. The van der Waals surface area contributed by atoms with Gasteiger partial charge in [-0.3, -0.25) is 9.79 Å². The smallest absolute Gasteiger partial charge is 0.308 e. The third kappa shape index (κ3) is 1.54. The van der Waals surface area contributed by atoms with Crippen molar-refractivity contribution in [1.29, 1.82) is 0 Å². The average molecular weight is 157 g/mol. The van der Waals surface area contributed by atoms with Crippen molar-refractivity contribution in [3.8, 4) is 0 Å². The van der Waals surface area contributed by atoms with Crippen LogP contribution < -0.4 is 0 Å². The number of aliphatic carboxylic acids is 1. The maximum atomic E-state index is 10.2. The van der Waals surface area contributed by atoms with Crippen molar-refractivity contribution in [2.45, 2.75) is 6.42 Å². The fourth-order valence-corrected chi connectivity index (χ4v) is 1.46. The lowest BCUT2D eigenvalue weighted by Gasteiger charge is -1.96. The highest BCUT2D eigenvalue weighted by Gasteiger charge is 2.07. The summed E-state index contributed by atoms with van der Waals surface area (Å²) in [6.45, 7) is 0. The van der Waals surface area contributed by atoms with E-state index >= 15 is 0 Å². The summed E-state index contributed by atoms with van der Waals surface area (Å²) in [6, 6.07) is 0. The average Bonchev–Trinajstić information content (AvgIpc) is 2.15. The maximum absolute atomic E-state index is 10.2. The van der Waals surface area contributed by atoms with E-state index in [9.17, 15) is 4.79 Å². The Morgan fingerprint density at radius 1 is 1.90 bits per heavy atom. The molecule has 0 aromatic heterocycles. The molecule has 0 bridgehead atoms. The minimum Gasteiger partial charge on any atom is -0.481 e. The molecule has 1 heterocycles. The molecule has 1 N–H and O–H groups in total. The molecule has 1 aliphatic rings. The monoisotopic (exact) mass is 157 g/mol. The van der Waals surface area contributed by atoms with Gasteiger partial charge in [0.1, 0.15) is 0 Å². The van der Waals surface area contributed by atoms with Crippen molar-refractivity contribution in [2.75, 3.05) is 0 Å². The topological polar surface area (TPSA) is 49.7 Å². The molecule has 0 saturated carbocycles. The molecular weight excluding hydrogens is 150 g/mol. The third-order valence-electron chi connectivity index (χ3n) is 1.07. The molecule has 10 heavy (non-hydrogen) atoms. The van der Waals surface area contributed by atoms with Crippen LogP contribution in [0.2, 0.25) is 0 Å². The summed E-state index contributed by atoms with van der Waals surface area (Å²) >= 11 is 0. The Bertz CT molecular complexity index is 242. The molecule has 0 saturated heterocycles. The summed E-state index contributed by atoms with van der Waals surface area (Å²) in [5.74, 6) is 2.90. The first kappa shape index (κ1) is 7.21. The van der Waals surface area contributed by atoms with E-state index < -0.39 is 5.97 Å². The number of hydrogen-bond donors (Lipinski definition) is 1. The molecule has 0 aromatic rings. The third-order valence-corrected chi connectivity index (χ3v) is 2.37. The highest BCUT2D eigenvalue weighted by molar-refractivity contribution is 8.28. The second kappa shape index (κ2) is 2.79. The standard InChI is InChI=1S/C6H7NO2S/c1-10-4-7-3-5(10)2-6(8)9/h3-4H,1-2H2,(H,8,9). The van der Waals surface area contributed by atoms with Gasteiger partial charge in [-0.15, -0.1) is 10.5 Å². The zero-order valence-electron chi connectivity index (χ0n) is 5.28. The van der Waals surface area contributed by atoms with Crippen LogP contribution in [0.3, 0.4) is 0 Å². The van der Waals surface area contributed by atoms with Gasteiger partial charge in [0, 0.05) is 11.1 Å². The molecule has 1 rings (SSSR count). The number of rotatable bonds is 2. The van der Waals surface area contributed by atoms with Crippen molar-refractivity contribution in [3.63, 3.8) is 0 Å². The van der Waals surface area contributed by atoms with Crippen LogP contribution in [0.15, 0.2) is 16.1 Å². The number of carboxylic acid groups (broad SMARTS) is 1. The Morgan fingerprint density at radius 3 is 3.00 bits per heavy atom. The van der Waals surface area contributed by atoms with Gasteiger partial charge < -0.3 is 5.11 Å². The van der Waals surface area contributed by atoms with Gasteiger partial charge in [0.2, 0.25) is 0 Å². The zero-order chi connectivity index (χ0) is 7.56. The summed E-state index contributed by atoms with van der Waals surface area (Å²) in [7, 11) is -0.293. The summed E-state index contributed by atoms with van der Waals surface area (Å²) in [5.41, 5.74) is 1.66. The molecular formula is C6H7NO2S. The largest absolute Gasteiger partial charge is 0.481 e. The Morgan fingerprint density at radius 2 is 2.60 bits per heavy atom. The normalized spacial score (nSPS) is 22.8. The van der Waals surface area contributed by atoms with Crippen LogP contribution >= 0.6 is 10.5 Å². The van der Waals surface area contributed by atoms with E-state index in [2.05, 4.69) is 10.9 Å². The Hall–Kier alpha value is -0.900. The second-order valence-electron chi connectivity index (χ2n) is 1.85. The quantitative estimate of drug-likeness (QED) is 0.609. The van der Waals surface area contributed by atoms with Crippen LogP contribution in [0.25, 0.3) is 0 Å². The van der Waals surface area contributed by atoms with Crippen molar-refractivity contribution < 1.29 is 9.90 Å². The van der Waals surface area contributed by atoms with Crippen LogP contribution in [0.4, 0.5) is 0 Å². The minimum absolute atomic E-state index is 0.0621. The van der Waals surface area contributed by atoms with Crippen molar-refractivity contribution in [2.24, 2.45) is 4.99 Å². The summed E-state index contributed by atoms with van der Waals surface area (Å²) in [6.07, 6.45) is 1.64. The highest BCUT2D eigenvalue weighted by Crippen LogP contribution is 2.27. The van der Waals surface area contributed by atoms with E-state index in [1.165, 1.54) is 0 Å². The zero-order valence-corrected chi connectivity index (χ0v) is 6.10. The van der Waals surface area contributed by atoms with Crippen molar-refractivity contribution in [1.82, 2.24) is 0 Å². The number of carbonyl (C=O) groups is 1. The SMILES string of the molecule is C=S1C=NC=C1CC(=O)O. The molecule has 0 fully saturated rings. The second-order valence-corrected chi connectivity index (χ2v) is 3.44. The van der Waals surface area contributed by atoms with Crippen molar-refractivity contribution >= 4 is 27.9 Å². The van der Waals surface area contributed by atoms with E-state index in [0.29, 0.717) is 0 Å². The summed E-state index contributed by atoms with van der Waals surface area (Å²) in [5, 5.41) is 8.37. The van der Waals surface area contributed by atoms with Crippen LogP contribution in [-0.4, -0.2) is 22.5 Å². The number of carboxylic acids is 1. The van der Waals surface area contributed by atoms with E-state index in [0.717, 1.165) is 4.91 Å². The first-order valence-corrected chi connectivity index (χ1v) is 4.13. The molecule has 4 heteroatoms. The number of aliphatic imine (C=N–C) groups is 1. The van der Waals surface area contributed by atoms with Gasteiger partial charge in [-0.1, -0.05) is 5.87 Å². The lowest BCUT2D eigenvalue weighted by atomic mass is 10.4. The molecule has 0 aliphatic carbocycles. The fraction of sp³-hybridized carbons (Fsp3) is 0.167. The fourth-order valence-electron chi connectivity index (χ4n) is 0.610. The van der Waals surface area contributed by atoms with Gasteiger partial charge in [0.15, 0.2) is 0 Å². The summed E-state index contributed by atoms with van der Waals surface area (Å²) < 4.78 is 0. The van der Waals surface area contributed by atoms with Crippen molar-refractivity contribution in [3.05, 3.63) is 11.1 Å². The van der Waals surface area contributed by atoms with Crippen LogP contribution in [0.1, 0.15) is 6.42 Å². The van der Waals surface area contributed by atoms with Crippen LogP contribution in [-0.2, 0) is 4.79 Å². The van der Waals surface area contributed by atoms with E-state index in [1.54, 1.807) is 11.7 Å². The van der Waals surface area contributed by atoms with E-state index in [-0.39, 0.29) is 16.9 Å². The minimum atomic E-state index is -0.821.